The second-order valence-electron chi connectivity index (χ2n) is 6.02. The van der Waals surface area contributed by atoms with Crippen LogP contribution in [0.25, 0.3) is 0 Å². The van der Waals surface area contributed by atoms with Crippen molar-refractivity contribution in [1.29, 1.82) is 0 Å². The van der Waals surface area contributed by atoms with Gasteiger partial charge in [0.2, 0.25) is 5.95 Å². The fourth-order valence-corrected chi connectivity index (χ4v) is 3.98. The van der Waals surface area contributed by atoms with Gasteiger partial charge in [-0.2, -0.15) is 0 Å². The van der Waals surface area contributed by atoms with Crippen LogP contribution >= 0.6 is 12.2 Å². The molecule has 2 heterocycles. The smallest absolute Gasteiger partial charge is 0.225 e. The van der Waals surface area contributed by atoms with Crippen LogP contribution < -0.4 is 4.90 Å². The standard InChI is InChI=1S/C14H24N4S/c1-2-8-18-13(15-16-14(18)19)17-9-7-11-5-3-4-6-12(11)10-17/h11-12H,2-10H2,1H3,(H,16,19). The topological polar surface area (TPSA) is 36.9 Å². The molecular formula is C14H24N4S. The number of piperidine rings is 1. The summed E-state index contributed by atoms with van der Waals surface area (Å²) in [5.74, 6) is 2.91. The normalized spacial score (nSPS) is 27.3. The van der Waals surface area contributed by atoms with Crippen LogP contribution in [0.4, 0.5) is 5.95 Å². The number of fused-ring (bicyclic) bond motifs is 1. The van der Waals surface area contributed by atoms with Crippen LogP contribution in [0, 0.1) is 16.6 Å². The zero-order chi connectivity index (χ0) is 13.2. The van der Waals surface area contributed by atoms with Crippen LogP contribution in [0.2, 0.25) is 0 Å². The van der Waals surface area contributed by atoms with Gasteiger partial charge in [0.25, 0.3) is 0 Å². The molecule has 19 heavy (non-hydrogen) atoms. The van der Waals surface area contributed by atoms with Crippen molar-refractivity contribution in [3.8, 4) is 0 Å². The van der Waals surface area contributed by atoms with Gasteiger partial charge in [-0.05, 0) is 43.3 Å². The van der Waals surface area contributed by atoms with Gasteiger partial charge in [-0.25, -0.2) is 5.10 Å². The molecule has 0 radical (unpaired) electrons. The second-order valence-corrected chi connectivity index (χ2v) is 6.41. The maximum atomic E-state index is 5.34. The average molecular weight is 280 g/mol. The third kappa shape index (κ3) is 2.57. The summed E-state index contributed by atoms with van der Waals surface area (Å²) in [4.78, 5) is 2.45. The first-order valence-electron chi connectivity index (χ1n) is 7.69. The first-order chi connectivity index (χ1) is 9.29. The van der Waals surface area contributed by atoms with Crippen LogP contribution in [0.1, 0.15) is 45.4 Å². The van der Waals surface area contributed by atoms with Crippen molar-refractivity contribution >= 4 is 18.2 Å². The molecule has 2 aliphatic rings. The molecular weight excluding hydrogens is 256 g/mol. The lowest BCUT2D eigenvalue weighted by molar-refractivity contribution is 0.201. The van der Waals surface area contributed by atoms with Gasteiger partial charge in [-0.15, -0.1) is 5.10 Å². The van der Waals surface area contributed by atoms with Crippen molar-refractivity contribution in [2.75, 3.05) is 18.0 Å². The molecule has 1 N–H and O–H groups in total. The minimum Gasteiger partial charge on any atom is -0.341 e. The summed E-state index contributed by atoms with van der Waals surface area (Å²) in [6.07, 6.45) is 8.13. The highest BCUT2D eigenvalue weighted by molar-refractivity contribution is 7.71. The predicted molar refractivity (Wildman–Crippen MR) is 80.0 cm³/mol. The minimum atomic E-state index is 0.766. The van der Waals surface area contributed by atoms with Crippen molar-refractivity contribution in [2.24, 2.45) is 11.8 Å². The Bertz CT molecular complexity index is 478. The van der Waals surface area contributed by atoms with E-state index in [1.54, 1.807) is 0 Å². The number of nitrogens with one attached hydrogen (secondary N) is 1. The summed E-state index contributed by atoms with van der Waals surface area (Å²) in [6.45, 7) is 5.47. The molecule has 3 rings (SSSR count). The maximum absolute atomic E-state index is 5.34. The highest BCUT2D eigenvalue weighted by Crippen LogP contribution is 2.37. The third-order valence-electron chi connectivity index (χ3n) is 4.76. The Morgan fingerprint density at radius 3 is 2.84 bits per heavy atom. The number of aromatic nitrogens is 3. The fraction of sp³-hybridized carbons (Fsp3) is 0.857. The molecule has 1 aliphatic heterocycles. The first-order valence-corrected chi connectivity index (χ1v) is 8.10. The van der Waals surface area contributed by atoms with Crippen molar-refractivity contribution in [2.45, 2.75) is 52.0 Å². The average Bonchev–Trinajstić information content (AvgIpc) is 2.80. The van der Waals surface area contributed by atoms with Crippen molar-refractivity contribution < 1.29 is 0 Å². The number of nitrogens with zero attached hydrogens (tertiary/aromatic N) is 3. The zero-order valence-corrected chi connectivity index (χ0v) is 12.6. The fourth-order valence-electron chi connectivity index (χ4n) is 3.76. The van der Waals surface area contributed by atoms with Crippen molar-refractivity contribution in [1.82, 2.24) is 14.8 Å². The summed E-state index contributed by atoms with van der Waals surface area (Å²) >= 11 is 5.34. The highest BCUT2D eigenvalue weighted by atomic mass is 32.1. The number of rotatable bonds is 3. The van der Waals surface area contributed by atoms with Gasteiger partial charge in [0, 0.05) is 19.6 Å². The van der Waals surface area contributed by atoms with E-state index in [2.05, 4.69) is 26.6 Å². The zero-order valence-electron chi connectivity index (χ0n) is 11.8. The maximum Gasteiger partial charge on any atom is 0.225 e. The number of aromatic amines is 1. The number of H-pyrrole nitrogens is 1. The SMILES string of the molecule is CCCn1c(N2CCC3CCCCC3C2)n[nH]c1=S. The second kappa shape index (κ2) is 5.65. The number of hydrogen-bond acceptors (Lipinski definition) is 3. The Labute approximate surface area is 120 Å². The lowest BCUT2D eigenvalue weighted by Crippen LogP contribution is -2.43. The molecule has 0 spiro atoms. The molecule has 2 atom stereocenters. The molecule has 0 amide bonds. The molecule has 1 aromatic heterocycles. The first kappa shape index (κ1) is 13.2. The molecule has 106 valence electrons. The Morgan fingerprint density at radius 2 is 2.05 bits per heavy atom. The molecule has 1 aliphatic carbocycles. The van der Waals surface area contributed by atoms with Gasteiger partial charge in [0.05, 0.1) is 0 Å². The van der Waals surface area contributed by atoms with Gasteiger partial charge in [0.15, 0.2) is 4.77 Å². The molecule has 0 bridgehead atoms. The lowest BCUT2D eigenvalue weighted by Gasteiger charge is -2.41. The van der Waals surface area contributed by atoms with Gasteiger partial charge < -0.3 is 4.90 Å². The quantitative estimate of drug-likeness (QED) is 0.863. The van der Waals surface area contributed by atoms with Crippen LogP contribution in [-0.2, 0) is 6.54 Å². The lowest BCUT2D eigenvalue weighted by atomic mass is 9.75. The monoisotopic (exact) mass is 280 g/mol. The van der Waals surface area contributed by atoms with E-state index in [1.165, 1.54) is 38.6 Å². The van der Waals surface area contributed by atoms with Gasteiger partial charge in [0.1, 0.15) is 0 Å². The molecule has 1 saturated carbocycles. The number of hydrogen-bond donors (Lipinski definition) is 1. The summed E-state index contributed by atoms with van der Waals surface area (Å²) in [6, 6.07) is 0. The summed E-state index contributed by atoms with van der Waals surface area (Å²) in [5.41, 5.74) is 0. The van der Waals surface area contributed by atoms with Crippen LogP contribution in [-0.4, -0.2) is 27.9 Å². The Hall–Kier alpha value is -0.840. The van der Waals surface area contributed by atoms with E-state index in [9.17, 15) is 0 Å². The van der Waals surface area contributed by atoms with E-state index in [0.29, 0.717) is 0 Å². The summed E-state index contributed by atoms with van der Waals surface area (Å²) in [5, 5.41) is 7.43. The summed E-state index contributed by atoms with van der Waals surface area (Å²) < 4.78 is 2.93. The van der Waals surface area contributed by atoms with Crippen LogP contribution in [0.15, 0.2) is 0 Å². The molecule has 1 aromatic rings. The molecule has 0 aromatic carbocycles. The predicted octanol–water partition coefficient (Wildman–Crippen LogP) is 3.37. The molecule has 2 unspecified atom stereocenters. The third-order valence-corrected chi connectivity index (χ3v) is 5.07. The summed E-state index contributed by atoms with van der Waals surface area (Å²) in [7, 11) is 0. The van der Waals surface area contributed by atoms with Crippen molar-refractivity contribution in [3.05, 3.63) is 4.77 Å². The minimum absolute atomic E-state index is 0.766. The molecule has 5 heteroatoms. The van der Waals surface area contributed by atoms with E-state index in [-0.39, 0.29) is 0 Å². The van der Waals surface area contributed by atoms with E-state index < -0.39 is 0 Å². The van der Waals surface area contributed by atoms with E-state index >= 15 is 0 Å². The van der Waals surface area contributed by atoms with E-state index in [1.807, 2.05) is 0 Å². The van der Waals surface area contributed by atoms with E-state index in [0.717, 1.165) is 42.1 Å². The molecule has 2 fully saturated rings. The van der Waals surface area contributed by atoms with Crippen LogP contribution in [0.5, 0.6) is 0 Å². The molecule has 4 nitrogen and oxygen atoms in total. The largest absolute Gasteiger partial charge is 0.341 e. The highest BCUT2D eigenvalue weighted by Gasteiger charge is 2.32. The van der Waals surface area contributed by atoms with Crippen molar-refractivity contribution in [3.63, 3.8) is 0 Å². The van der Waals surface area contributed by atoms with Crippen LogP contribution in [0.3, 0.4) is 0 Å². The van der Waals surface area contributed by atoms with Gasteiger partial charge in [-0.1, -0.05) is 26.2 Å². The van der Waals surface area contributed by atoms with Gasteiger partial charge in [-0.3, -0.25) is 4.57 Å². The van der Waals surface area contributed by atoms with Gasteiger partial charge >= 0.3 is 0 Å². The van der Waals surface area contributed by atoms with E-state index in [4.69, 9.17) is 12.2 Å². The Morgan fingerprint density at radius 1 is 1.26 bits per heavy atom. The Kier molecular flexibility index (Phi) is 3.91. The Balaban J connectivity index is 1.77. The molecule has 1 saturated heterocycles. The number of anilines is 1.